The lowest BCUT2D eigenvalue weighted by atomic mass is 9.96. The quantitative estimate of drug-likeness (QED) is 0.666. The van der Waals surface area contributed by atoms with E-state index in [0.717, 1.165) is 31.8 Å². The molecule has 1 fully saturated rings. The number of rotatable bonds is 5. The van der Waals surface area contributed by atoms with Gasteiger partial charge in [0.1, 0.15) is 5.69 Å². The Morgan fingerprint density at radius 3 is 2.86 bits per heavy atom. The van der Waals surface area contributed by atoms with E-state index in [2.05, 4.69) is 11.8 Å². The average Bonchev–Trinajstić information content (AvgIpc) is 2.72. The fraction of sp³-hybridized carbons (Fsp3) is 0.625. The molecule has 0 saturated carbocycles. The number of hydrogen-bond acceptors (Lipinski definition) is 4. The Labute approximate surface area is 125 Å². The molecule has 0 radical (unpaired) electrons. The van der Waals surface area contributed by atoms with Gasteiger partial charge in [-0.05, 0) is 36.8 Å². The summed E-state index contributed by atoms with van der Waals surface area (Å²) < 4.78 is 0. The molecule has 116 valence electrons. The average molecular weight is 292 g/mol. The summed E-state index contributed by atoms with van der Waals surface area (Å²) in [6, 6.07) is 5.05. The van der Waals surface area contributed by atoms with E-state index in [4.69, 9.17) is 5.11 Å². The van der Waals surface area contributed by atoms with Crippen molar-refractivity contribution in [2.75, 3.05) is 18.0 Å². The SMILES string of the molecule is CCCC1CCCN(c2ccc(CO)cc2[N+](=O)[O-])CC1. The Bertz CT molecular complexity index is 490. The second kappa shape index (κ2) is 7.41. The zero-order chi connectivity index (χ0) is 15.2. The van der Waals surface area contributed by atoms with Crippen molar-refractivity contribution >= 4 is 11.4 Å². The van der Waals surface area contributed by atoms with Gasteiger partial charge in [0.05, 0.1) is 11.5 Å². The fourth-order valence-corrected chi connectivity index (χ4v) is 3.18. The fourth-order valence-electron chi connectivity index (χ4n) is 3.18. The first-order valence-electron chi connectivity index (χ1n) is 7.78. The number of anilines is 1. The Morgan fingerprint density at radius 2 is 2.19 bits per heavy atom. The van der Waals surface area contributed by atoms with Crippen LogP contribution in [0.2, 0.25) is 0 Å². The van der Waals surface area contributed by atoms with Gasteiger partial charge in [0.25, 0.3) is 5.69 Å². The van der Waals surface area contributed by atoms with Crippen LogP contribution in [-0.2, 0) is 6.61 Å². The molecule has 5 nitrogen and oxygen atoms in total. The van der Waals surface area contributed by atoms with E-state index >= 15 is 0 Å². The second-order valence-electron chi connectivity index (χ2n) is 5.81. The molecule has 0 aromatic heterocycles. The van der Waals surface area contributed by atoms with Crippen molar-refractivity contribution in [2.24, 2.45) is 5.92 Å². The number of nitro groups is 1. The van der Waals surface area contributed by atoms with Crippen LogP contribution in [0, 0.1) is 16.0 Å². The monoisotopic (exact) mass is 292 g/mol. The summed E-state index contributed by atoms with van der Waals surface area (Å²) in [6.07, 6.45) is 5.86. The maximum absolute atomic E-state index is 11.3. The summed E-state index contributed by atoms with van der Waals surface area (Å²) in [7, 11) is 0. The van der Waals surface area contributed by atoms with E-state index in [1.165, 1.54) is 25.3 Å². The van der Waals surface area contributed by atoms with E-state index < -0.39 is 0 Å². The first-order valence-corrected chi connectivity index (χ1v) is 7.78. The summed E-state index contributed by atoms with van der Waals surface area (Å²) >= 11 is 0. The van der Waals surface area contributed by atoms with E-state index in [0.29, 0.717) is 11.3 Å². The van der Waals surface area contributed by atoms with Crippen LogP contribution in [0.3, 0.4) is 0 Å². The highest BCUT2D eigenvalue weighted by Gasteiger charge is 2.23. The molecule has 21 heavy (non-hydrogen) atoms. The van der Waals surface area contributed by atoms with Crippen LogP contribution in [0.15, 0.2) is 18.2 Å². The lowest BCUT2D eigenvalue weighted by molar-refractivity contribution is -0.384. The van der Waals surface area contributed by atoms with Gasteiger partial charge in [-0.15, -0.1) is 0 Å². The number of benzene rings is 1. The molecule has 1 aliphatic rings. The molecule has 1 aromatic rings. The molecule has 0 spiro atoms. The molecule has 1 unspecified atom stereocenters. The summed E-state index contributed by atoms with van der Waals surface area (Å²) in [4.78, 5) is 13.1. The maximum Gasteiger partial charge on any atom is 0.292 e. The first-order chi connectivity index (χ1) is 10.2. The second-order valence-corrected chi connectivity index (χ2v) is 5.81. The minimum atomic E-state index is -0.344. The van der Waals surface area contributed by atoms with Crippen LogP contribution < -0.4 is 4.90 Å². The zero-order valence-corrected chi connectivity index (χ0v) is 12.6. The van der Waals surface area contributed by atoms with Crippen molar-refractivity contribution in [2.45, 2.75) is 45.6 Å². The molecule has 0 aliphatic carbocycles. The lowest BCUT2D eigenvalue weighted by Gasteiger charge is -2.23. The molecule has 1 atom stereocenters. The number of nitrogens with zero attached hydrogens (tertiary/aromatic N) is 2. The number of nitro benzene ring substituents is 1. The Kier molecular flexibility index (Phi) is 5.56. The molecule has 0 bridgehead atoms. The van der Waals surface area contributed by atoms with Crippen LogP contribution in [-0.4, -0.2) is 23.1 Å². The molecule has 1 aliphatic heterocycles. The van der Waals surface area contributed by atoms with Gasteiger partial charge >= 0.3 is 0 Å². The number of hydrogen-bond donors (Lipinski definition) is 1. The third kappa shape index (κ3) is 3.94. The summed E-state index contributed by atoms with van der Waals surface area (Å²) in [6.45, 7) is 3.80. The standard InChI is InChI=1S/C16H24N2O3/c1-2-4-13-5-3-9-17(10-8-13)15-7-6-14(12-19)11-16(15)18(20)21/h6-7,11,13,19H,2-5,8-10,12H2,1H3. The van der Waals surface area contributed by atoms with Crippen molar-refractivity contribution in [1.82, 2.24) is 0 Å². The van der Waals surface area contributed by atoms with Gasteiger partial charge in [-0.2, -0.15) is 0 Å². The summed E-state index contributed by atoms with van der Waals surface area (Å²) in [5, 5.41) is 20.4. The minimum Gasteiger partial charge on any atom is -0.392 e. The summed E-state index contributed by atoms with van der Waals surface area (Å²) in [5.74, 6) is 0.746. The van der Waals surface area contributed by atoms with Gasteiger partial charge in [-0.25, -0.2) is 0 Å². The Balaban J connectivity index is 2.19. The number of aliphatic hydroxyl groups is 1. The Morgan fingerprint density at radius 1 is 1.38 bits per heavy atom. The highest BCUT2D eigenvalue weighted by atomic mass is 16.6. The smallest absolute Gasteiger partial charge is 0.292 e. The molecule has 1 aromatic carbocycles. The highest BCUT2D eigenvalue weighted by molar-refractivity contribution is 5.64. The largest absolute Gasteiger partial charge is 0.392 e. The van der Waals surface area contributed by atoms with Crippen LogP contribution >= 0.6 is 0 Å². The molecule has 5 heteroatoms. The maximum atomic E-state index is 11.3. The van der Waals surface area contributed by atoms with Gasteiger partial charge in [0.15, 0.2) is 0 Å². The van der Waals surface area contributed by atoms with Gasteiger partial charge in [0, 0.05) is 19.2 Å². The van der Waals surface area contributed by atoms with Crippen molar-refractivity contribution in [3.63, 3.8) is 0 Å². The normalized spacial score (nSPS) is 19.3. The predicted molar refractivity (Wildman–Crippen MR) is 83.5 cm³/mol. The van der Waals surface area contributed by atoms with Crippen LogP contribution in [0.4, 0.5) is 11.4 Å². The zero-order valence-electron chi connectivity index (χ0n) is 12.6. The van der Waals surface area contributed by atoms with Crippen LogP contribution in [0.1, 0.15) is 44.6 Å². The molecule has 2 rings (SSSR count). The highest BCUT2D eigenvalue weighted by Crippen LogP contribution is 2.32. The van der Waals surface area contributed by atoms with Crippen LogP contribution in [0.5, 0.6) is 0 Å². The molecular formula is C16H24N2O3. The van der Waals surface area contributed by atoms with E-state index in [9.17, 15) is 10.1 Å². The topological polar surface area (TPSA) is 66.6 Å². The first kappa shape index (κ1) is 15.8. The van der Waals surface area contributed by atoms with Crippen LogP contribution in [0.25, 0.3) is 0 Å². The third-order valence-electron chi connectivity index (χ3n) is 4.30. The van der Waals surface area contributed by atoms with Gasteiger partial charge < -0.3 is 10.0 Å². The Hall–Kier alpha value is -1.62. The predicted octanol–water partition coefficient (Wildman–Crippen LogP) is 3.49. The van der Waals surface area contributed by atoms with E-state index in [-0.39, 0.29) is 17.2 Å². The van der Waals surface area contributed by atoms with Crippen molar-refractivity contribution in [3.8, 4) is 0 Å². The third-order valence-corrected chi connectivity index (χ3v) is 4.30. The van der Waals surface area contributed by atoms with Crippen molar-refractivity contribution in [3.05, 3.63) is 33.9 Å². The molecule has 0 amide bonds. The molecule has 1 heterocycles. The minimum absolute atomic E-state index is 0.107. The number of aliphatic hydroxyl groups excluding tert-OH is 1. The molecular weight excluding hydrogens is 268 g/mol. The van der Waals surface area contributed by atoms with Gasteiger partial charge in [-0.3, -0.25) is 10.1 Å². The lowest BCUT2D eigenvalue weighted by Crippen LogP contribution is -2.25. The van der Waals surface area contributed by atoms with Crippen molar-refractivity contribution in [1.29, 1.82) is 0 Å². The molecule has 1 saturated heterocycles. The van der Waals surface area contributed by atoms with E-state index in [1.54, 1.807) is 12.1 Å². The summed E-state index contributed by atoms with van der Waals surface area (Å²) in [5.41, 5.74) is 1.38. The van der Waals surface area contributed by atoms with E-state index in [1.807, 2.05) is 0 Å². The molecule has 1 N–H and O–H groups in total. The van der Waals surface area contributed by atoms with Gasteiger partial charge in [0.2, 0.25) is 0 Å². The van der Waals surface area contributed by atoms with Crippen molar-refractivity contribution < 1.29 is 10.0 Å². The van der Waals surface area contributed by atoms with Gasteiger partial charge in [-0.1, -0.05) is 25.8 Å².